The molecule has 0 saturated heterocycles. The summed E-state index contributed by atoms with van der Waals surface area (Å²) in [5.41, 5.74) is 0.580. The van der Waals surface area contributed by atoms with Gasteiger partial charge >= 0.3 is 12.2 Å². The quantitative estimate of drug-likeness (QED) is 0.783. The van der Waals surface area contributed by atoms with E-state index in [0.29, 0.717) is 23.7 Å². The fourth-order valence-electron chi connectivity index (χ4n) is 1.58. The van der Waals surface area contributed by atoms with E-state index in [0.717, 1.165) is 0 Å². The third-order valence-electron chi connectivity index (χ3n) is 2.87. The first-order valence-electron chi connectivity index (χ1n) is 7.53. The zero-order valence-corrected chi connectivity index (χ0v) is 14.4. The van der Waals surface area contributed by atoms with Crippen molar-refractivity contribution in [2.24, 2.45) is 5.92 Å². The van der Waals surface area contributed by atoms with Gasteiger partial charge in [-0.25, -0.2) is 9.59 Å². The molecule has 2 N–H and O–H groups in total. The number of nitrogens with one attached hydrogen (secondary N) is 2. The van der Waals surface area contributed by atoms with Gasteiger partial charge in [0.2, 0.25) is 0 Å². The average molecular weight is 343 g/mol. The van der Waals surface area contributed by atoms with E-state index in [1.807, 2.05) is 20.8 Å². The van der Waals surface area contributed by atoms with Gasteiger partial charge in [0, 0.05) is 10.7 Å². The molecule has 0 bridgehead atoms. The van der Waals surface area contributed by atoms with Crippen LogP contribution in [0, 0.1) is 5.92 Å². The highest BCUT2D eigenvalue weighted by Crippen LogP contribution is 2.13. The zero-order valence-electron chi connectivity index (χ0n) is 13.6. The smallest absolute Gasteiger partial charge is 0.411 e. The van der Waals surface area contributed by atoms with Crippen molar-refractivity contribution in [1.82, 2.24) is 5.32 Å². The Hall–Kier alpha value is -1.95. The number of alkyl carbamates (subject to hydrolysis) is 1. The first-order chi connectivity index (χ1) is 10.9. The highest BCUT2D eigenvalue weighted by atomic mass is 35.5. The lowest BCUT2D eigenvalue weighted by Crippen LogP contribution is -2.39. The number of anilines is 1. The Morgan fingerprint density at radius 1 is 1.09 bits per heavy atom. The van der Waals surface area contributed by atoms with Crippen LogP contribution in [-0.4, -0.2) is 31.4 Å². The van der Waals surface area contributed by atoms with Gasteiger partial charge in [-0.1, -0.05) is 32.4 Å². The van der Waals surface area contributed by atoms with Crippen molar-refractivity contribution in [3.63, 3.8) is 0 Å². The van der Waals surface area contributed by atoms with Crippen molar-refractivity contribution < 1.29 is 19.1 Å². The van der Waals surface area contributed by atoms with Crippen molar-refractivity contribution in [3.8, 4) is 0 Å². The molecule has 0 aliphatic carbocycles. The van der Waals surface area contributed by atoms with Crippen LogP contribution in [0.15, 0.2) is 24.3 Å². The molecule has 6 nitrogen and oxygen atoms in total. The molecule has 1 aromatic carbocycles. The number of amides is 2. The Labute approximate surface area is 141 Å². The number of carbonyl (C=O) groups is 2. The van der Waals surface area contributed by atoms with Gasteiger partial charge in [0.05, 0.1) is 12.6 Å². The summed E-state index contributed by atoms with van der Waals surface area (Å²) in [6.07, 6.45) is -0.485. The first kappa shape index (κ1) is 19.1. The van der Waals surface area contributed by atoms with Crippen LogP contribution in [0.25, 0.3) is 0 Å². The molecule has 0 heterocycles. The van der Waals surface area contributed by atoms with Crippen molar-refractivity contribution in [1.29, 1.82) is 0 Å². The van der Waals surface area contributed by atoms with E-state index in [4.69, 9.17) is 21.1 Å². The van der Waals surface area contributed by atoms with Crippen LogP contribution in [0.3, 0.4) is 0 Å². The second-order valence-electron chi connectivity index (χ2n) is 5.47. The van der Waals surface area contributed by atoms with Crippen molar-refractivity contribution in [3.05, 3.63) is 29.3 Å². The molecule has 1 atom stereocenters. The predicted octanol–water partition coefficient (Wildman–Crippen LogP) is 4.05. The Morgan fingerprint density at radius 3 is 2.26 bits per heavy atom. The zero-order chi connectivity index (χ0) is 17.2. The summed E-state index contributed by atoms with van der Waals surface area (Å²) < 4.78 is 10.1. The topological polar surface area (TPSA) is 76.7 Å². The molecule has 7 heteroatoms. The van der Waals surface area contributed by atoms with Crippen LogP contribution < -0.4 is 10.6 Å². The van der Waals surface area contributed by atoms with Gasteiger partial charge in [-0.15, -0.1) is 0 Å². The van der Waals surface area contributed by atoms with E-state index in [1.165, 1.54) is 0 Å². The van der Waals surface area contributed by atoms with E-state index in [9.17, 15) is 9.59 Å². The van der Waals surface area contributed by atoms with Crippen LogP contribution in [0.5, 0.6) is 0 Å². The normalized spacial score (nSPS) is 11.7. The number of rotatable bonds is 7. The van der Waals surface area contributed by atoms with Crippen LogP contribution in [0.4, 0.5) is 15.3 Å². The summed E-state index contributed by atoms with van der Waals surface area (Å²) in [7, 11) is 0. The predicted molar refractivity (Wildman–Crippen MR) is 89.8 cm³/mol. The lowest BCUT2D eigenvalue weighted by Gasteiger charge is -2.17. The molecule has 2 amide bonds. The molecule has 23 heavy (non-hydrogen) atoms. The molecule has 128 valence electrons. The Morgan fingerprint density at radius 2 is 1.70 bits per heavy atom. The number of halogens is 1. The number of hydrogen-bond acceptors (Lipinski definition) is 4. The minimum atomic E-state index is -0.594. The molecule has 0 fully saturated rings. The van der Waals surface area contributed by atoms with Crippen molar-refractivity contribution in [2.45, 2.75) is 33.2 Å². The molecular formula is C16H23ClN2O4. The Kier molecular flexibility index (Phi) is 8.26. The Balaban J connectivity index is 2.34. The van der Waals surface area contributed by atoms with Gasteiger partial charge in [0.15, 0.2) is 0 Å². The van der Waals surface area contributed by atoms with Crippen molar-refractivity contribution in [2.75, 3.05) is 18.5 Å². The number of hydrogen-bond donors (Lipinski definition) is 2. The fourth-order valence-corrected chi connectivity index (χ4v) is 1.70. The molecule has 0 spiro atoms. The summed E-state index contributed by atoms with van der Waals surface area (Å²) in [5.74, 6) is 0.266. The third kappa shape index (κ3) is 8.30. The van der Waals surface area contributed by atoms with E-state index in [2.05, 4.69) is 10.6 Å². The monoisotopic (exact) mass is 342 g/mol. The molecule has 1 rings (SSSR count). The van der Waals surface area contributed by atoms with E-state index in [-0.39, 0.29) is 18.6 Å². The van der Waals surface area contributed by atoms with E-state index < -0.39 is 12.2 Å². The lowest BCUT2D eigenvalue weighted by atomic mass is 10.2. The molecular weight excluding hydrogens is 320 g/mol. The summed E-state index contributed by atoms with van der Waals surface area (Å²) in [5, 5.41) is 5.83. The van der Waals surface area contributed by atoms with Crippen molar-refractivity contribution >= 4 is 29.5 Å². The van der Waals surface area contributed by atoms with Gasteiger partial charge < -0.3 is 14.8 Å². The minimum Gasteiger partial charge on any atom is -0.449 e. The van der Waals surface area contributed by atoms with Gasteiger partial charge in [-0.2, -0.15) is 0 Å². The molecule has 1 aromatic rings. The minimum absolute atomic E-state index is 0.0622. The highest BCUT2D eigenvalue weighted by molar-refractivity contribution is 6.30. The van der Waals surface area contributed by atoms with Gasteiger partial charge in [-0.3, -0.25) is 5.32 Å². The van der Waals surface area contributed by atoms with Gasteiger partial charge in [0.1, 0.15) is 6.61 Å². The lowest BCUT2D eigenvalue weighted by molar-refractivity contribution is 0.116. The second kappa shape index (κ2) is 9.94. The molecule has 0 aliphatic heterocycles. The fraction of sp³-hybridized carbons (Fsp3) is 0.500. The molecule has 0 aliphatic rings. The van der Waals surface area contributed by atoms with Crippen LogP contribution in [-0.2, 0) is 9.47 Å². The number of ether oxygens (including phenoxy) is 2. The summed E-state index contributed by atoms with van der Waals surface area (Å²) in [4.78, 5) is 23.3. The third-order valence-corrected chi connectivity index (χ3v) is 3.12. The Bertz CT molecular complexity index is 505. The van der Waals surface area contributed by atoms with Gasteiger partial charge in [0.25, 0.3) is 0 Å². The summed E-state index contributed by atoms with van der Waals surface area (Å²) in [6, 6.07) is 6.37. The highest BCUT2D eigenvalue weighted by Gasteiger charge is 2.14. The van der Waals surface area contributed by atoms with E-state index in [1.54, 1.807) is 24.3 Å². The number of carbonyl (C=O) groups excluding carboxylic acids is 2. The van der Waals surface area contributed by atoms with E-state index >= 15 is 0 Å². The molecule has 0 radical (unpaired) electrons. The van der Waals surface area contributed by atoms with Crippen LogP contribution in [0.1, 0.15) is 27.2 Å². The first-order valence-corrected chi connectivity index (χ1v) is 7.91. The largest absolute Gasteiger partial charge is 0.449 e. The maximum Gasteiger partial charge on any atom is 0.411 e. The molecule has 0 aromatic heterocycles. The van der Waals surface area contributed by atoms with Crippen LogP contribution >= 0.6 is 11.6 Å². The average Bonchev–Trinajstić information content (AvgIpc) is 2.51. The SMILES string of the molecule is CCC(COC(=O)Nc1ccc(Cl)cc1)NC(=O)OCC(C)C. The summed E-state index contributed by atoms with van der Waals surface area (Å²) >= 11 is 5.77. The summed E-state index contributed by atoms with van der Waals surface area (Å²) in [6.45, 7) is 6.20. The maximum atomic E-state index is 11.7. The second-order valence-corrected chi connectivity index (χ2v) is 5.91. The van der Waals surface area contributed by atoms with Crippen LogP contribution in [0.2, 0.25) is 5.02 Å². The molecule has 1 unspecified atom stereocenters. The molecule has 0 saturated carbocycles. The maximum absolute atomic E-state index is 11.7. The number of benzene rings is 1. The van der Waals surface area contributed by atoms with Gasteiger partial charge in [-0.05, 0) is 36.6 Å². The standard InChI is InChI=1S/C16H23ClN2O4/c1-4-13(18-15(20)22-9-11(2)3)10-23-16(21)19-14-7-5-12(17)6-8-14/h5-8,11,13H,4,9-10H2,1-3H3,(H,18,20)(H,19,21).